The number of alkyl carbamates (subject to hydrolysis) is 1. The van der Waals surface area contributed by atoms with Crippen molar-refractivity contribution in [3.05, 3.63) is 0 Å². The summed E-state index contributed by atoms with van der Waals surface area (Å²) >= 11 is 0. The molecule has 1 fully saturated rings. The van der Waals surface area contributed by atoms with Gasteiger partial charge in [-0.1, -0.05) is 0 Å². The summed E-state index contributed by atoms with van der Waals surface area (Å²) in [6.07, 6.45) is 1.56. The van der Waals surface area contributed by atoms with Crippen LogP contribution >= 0.6 is 0 Å². The van der Waals surface area contributed by atoms with Gasteiger partial charge >= 0.3 is 12.1 Å². The smallest absolute Gasteiger partial charge is 0.407 e. The molecule has 0 spiro atoms. The van der Waals surface area contributed by atoms with Gasteiger partial charge in [-0.2, -0.15) is 0 Å². The van der Waals surface area contributed by atoms with E-state index in [0.29, 0.717) is 19.0 Å². The van der Waals surface area contributed by atoms with Crippen molar-refractivity contribution in [1.29, 1.82) is 0 Å². The number of carbonyl (C=O) groups is 2. The predicted octanol–water partition coefficient (Wildman–Crippen LogP) is 1.31. The van der Waals surface area contributed by atoms with E-state index in [-0.39, 0.29) is 6.54 Å². The van der Waals surface area contributed by atoms with Gasteiger partial charge in [-0.3, -0.25) is 9.69 Å². The quantitative estimate of drug-likeness (QED) is 0.806. The molecule has 1 rings (SSSR count). The molecule has 6 nitrogen and oxygen atoms in total. The number of aliphatic carboxylic acids is 1. The van der Waals surface area contributed by atoms with Gasteiger partial charge in [-0.25, -0.2) is 4.79 Å². The van der Waals surface area contributed by atoms with Crippen LogP contribution in [0.25, 0.3) is 0 Å². The molecule has 19 heavy (non-hydrogen) atoms. The van der Waals surface area contributed by atoms with Crippen molar-refractivity contribution in [2.75, 3.05) is 26.2 Å². The Balaban J connectivity index is 2.29. The maximum Gasteiger partial charge on any atom is 0.407 e. The Morgan fingerprint density at radius 1 is 1.42 bits per heavy atom. The third-order valence-corrected chi connectivity index (χ3v) is 2.90. The Labute approximate surface area is 114 Å². The molecule has 1 unspecified atom stereocenters. The van der Waals surface area contributed by atoms with Gasteiger partial charge in [-0.05, 0) is 46.1 Å². The highest BCUT2D eigenvalue weighted by molar-refractivity contribution is 5.69. The number of carboxylic acids is 1. The molecule has 1 aliphatic rings. The largest absolute Gasteiger partial charge is 0.480 e. The molecule has 0 bridgehead atoms. The molecular formula is C13H24N2O4. The van der Waals surface area contributed by atoms with Crippen molar-refractivity contribution in [2.24, 2.45) is 5.92 Å². The number of ether oxygens (including phenoxy) is 1. The predicted molar refractivity (Wildman–Crippen MR) is 71.0 cm³/mol. The molecule has 110 valence electrons. The number of likely N-dealkylation sites (tertiary alicyclic amines) is 1. The van der Waals surface area contributed by atoms with Crippen LogP contribution in [0.5, 0.6) is 0 Å². The van der Waals surface area contributed by atoms with Crippen molar-refractivity contribution in [1.82, 2.24) is 10.2 Å². The van der Waals surface area contributed by atoms with Gasteiger partial charge in [-0.15, -0.1) is 0 Å². The van der Waals surface area contributed by atoms with E-state index in [1.807, 2.05) is 25.7 Å². The molecule has 0 aromatic carbocycles. The van der Waals surface area contributed by atoms with Crippen LogP contribution in [-0.4, -0.2) is 53.8 Å². The number of carboxylic acid groups (broad SMARTS) is 1. The lowest BCUT2D eigenvalue weighted by molar-refractivity contribution is -0.138. The van der Waals surface area contributed by atoms with Crippen LogP contribution in [-0.2, 0) is 9.53 Å². The van der Waals surface area contributed by atoms with E-state index in [0.717, 1.165) is 19.4 Å². The number of carbonyl (C=O) groups excluding carboxylic acids is 1. The first kappa shape index (κ1) is 15.8. The minimum Gasteiger partial charge on any atom is -0.480 e. The zero-order valence-electron chi connectivity index (χ0n) is 11.9. The fourth-order valence-electron chi connectivity index (χ4n) is 2.19. The first-order chi connectivity index (χ1) is 8.76. The maximum atomic E-state index is 11.5. The summed E-state index contributed by atoms with van der Waals surface area (Å²) in [6.45, 7) is 7.59. The standard InChI is InChI=1S/C13H24N2O4/c1-13(2,3)19-12(18)14-7-10-5-4-6-15(8-10)9-11(16)17/h10H,4-9H2,1-3H3,(H,14,18)(H,16,17). The van der Waals surface area contributed by atoms with Crippen molar-refractivity contribution >= 4 is 12.1 Å². The van der Waals surface area contributed by atoms with E-state index in [2.05, 4.69) is 5.32 Å². The van der Waals surface area contributed by atoms with Crippen LogP contribution in [0, 0.1) is 5.92 Å². The van der Waals surface area contributed by atoms with Gasteiger partial charge in [0.25, 0.3) is 0 Å². The van der Waals surface area contributed by atoms with Crippen LogP contribution in [0.2, 0.25) is 0 Å². The van der Waals surface area contributed by atoms with Gasteiger partial charge in [0.2, 0.25) is 0 Å². The third-order valence-electron chi connectivity index (χ3n) is 2.90. The summed E-state index contributed by atoms with van der Waals surface area (Å²) in [6, 6.07) is 0. The number of hydrogen-bond donors (Lipinski definition) is 2. The monoisotopic (exact) mass is 272 g/mol. The Bertz CT molecular complexity index is 325. The Hall–Kier alpha value is -1.30. The van der Waals surface area contributed by atoms with Crippen LogP contribution in [0.3, 0.4) is 0 Å². The second kappa shape index (κ2) is 6.75. The number of hydrogen-bond acceptors (Lipinski definition) is 4. The molecule has 2 N–H and O–H groups in total. The Kier molecular flexibility index (Phi) is 5.60. The van der Waals surface area contributed by atoms with Crippen molar-refractivity contribution in [3.63, 3.8) is 0 Å². The minimum atomic E-state index is -0.805. The zero-order chi connectivity index (χ0) is 14.5. The molecule has 0 aromatic heterocycles. The number of nitrogens with one attached hydrogen (secondary N) is 1. The van der Waals surface area contributed by atoms with Crippen LogP contribution in [0.1, 0.15) is 33.6 Å². The van der Waals surface area contributed by atoms with E-state index in [9.17, 15) is 9.59 Å². The van der Waals surface area contributed by atoms with Gasteiger partial charge in [0.15, 0.2) is 0 Å². The first-order valence-corrected chi connectivity index (χ1v) is 6.67. The van der Waals surface area contributed by atoms with E-state index >= 15 is 0 Å². The summed E-state index contributed by atoms with van der Waals surface area (Å²) in [5.41, 5.74) is -0.494. The zero-order valence-corrected chi connectivity index (χ0v) is 11.9. The molecule has 0 aromatic rings. The number of piperidine rings is 1. The molecule has 1 atom stereocenters. The molecule has 0 aliphatic carbocycles. The number of amides is 1. The van der Waals surface area contributed by atoms with Crippen LogP contribution in [0.15, 0.2) is 0 Å². The average Bonchev–Trinajstić information content (AvgIpc) is 2.23. The van der Waals surface area contributed by atoms with Crippen molar-refractivity contribution in [3.8, 4) is 0 Å². The van der Waals surface area contributed by atoms with E-state index in [1.54, 1.807) is 0 Å². The van der Waals surface area contributed by atoms with E-state index in [1.165, 1.54) is 0 Å². The highest BCUT2D eigenvalue weighted by Gasteiger charge is 2.23. The maximum absolute atomic E-state index is 11.5. The summed E-state index contributed by atoms with van der Waals surface area (Å²) in [4.78, 5) is 24.1. The lowest BCUT2D eigenvalue weighted by Crippen LogP contribution is -2.43. The van der Waals surface area contributed by atoms with Gasteiger partial charge in [0.1, 0.15) is 5.60 Å². The van der Waals surface area contributed by atoms with Gasteiger partial charge in [0.05, 0.1) is 6.54 Å². The molecule has 0 radical (unpaired) electrons. The molecular weight excluding hydrogens is 248 g/mol. The summed E-state index contributed by atoms with van der Waals surface area (Å²) in [5, 5.41) is 11.5. The molecule has 0 saturated carbocycles. The Morgan fingerprint density at radius 2 is 2.11 bits per heavy atom. The first-order valence-electron chi connectivity index (χ1n) is 6.67. The Morgan fingerprint density at radius 3 is 2.68 bits per heavy atom. The minimum absolute atomic E-state index is 0.0724. The highest BCUT2D eigenvalue weighted by atomic mass is 16.6. The summed E-state index contributed by atoms with van der Waals surface area (Å²) < 4.78 is 5.16. The van der Waals surface area contributed by atoms with E-state index < -0.39 is 17.7 Å². The second-order valence-corrected chi connectivity index (χ2v) is 6.02. The highest BCUT2D eigenvalue weighted by Crippen LogP contribution is 2.15. The lowest BCUT2D eigenvalue weighted by atomic mass is 9.98. The fourth-order valence-corrected chi connectivity index (χ4v) is 2.19. The van der Waals surface area contributed by atoms with Crippen LogP contribution < -0.4 is 5.32 Å². The fraction of sp³-hybridized carbons (Fsp3) is 0.846. The summed E-state index contributed by atoms with van der Waals surface area (Å²) in [5.74, 6) is -0.513. The lowest BCUT2D eigenvalue weighted by Gasteiger charge is -2.31. The van der Waals surface area contributed by atoms with Crippen LogP contribution in [0.4, 0.5) is 4.79 Å². The second-order valence-electron chi connectivity index (χ2n) is 6.02. The average molecular weight is 272 g/mol. The van der Waals surface area contributed by atoms with Crippen molar-refractivity contribution < 1.29 is 19.4 Å². The third kappa shape index (κ3) is 7.00. The van der Waals surface area contributed by atoms with Crippen molar-refractivity contribution in [2.45, 2.75) is 39.2 Å². The van der Waals surface area contributed by atoms with Gasteiger partial charge in [0, 0.05) is 13.1 Å². The SMILES string of the molecule is CC(C)(C)OC(=O)NCC1CCCN(CC(=O)O)C1. The molecule has 1 amide bonds. The molecule has 1 heterocycles. The molecule has 1 aliphatic heterocycles. The van der Waals surface area contributed by atoms with E-state index in [4.69, 9.17) is 9.84 Å². The molecule has 6 heteroatoms. The topological polar surface area (TPSA) is 78.9 Å². The van der Waals surface area contributed by atoms with Gasteiger partial charge < -0.3 is 15.2 Å². The number of nitrogens with zero attached hydrogens (tertiary/aromatic N) is 1. The normalized spacial score (nSPS) is 20.9. The number of rotatable bonds is 4. The molecule has 1 saturated heterocycles. The summed E-state index contributed by atoms with van der Waals surface area (Å²) in [7, 11) is 0.